The molecule has 3 N–H and O–H groups in total. The summed E-state index contributed by atoms with van der Waals surface area (Å²) in [5.74, 6) is 5.40. The van der Waals surface area contributed by atoms with Gasteiger partial charge in [0.1, 0.15) is 6.61 Å². The minimum atomic E-state index is -2.44. The van der Waals surface area contributed by atoms with Crippen LogP contribution in [0.3, 0.4) is 0 Å². The molecule has 1 rings (SSSR count). The monoisotopic (exact) mass is 279 g/mol. The van der Waals surface area contributed by atoms with Gasteiger partial charge in [0, 0.05) is 25.0 Å². The highest BCUT2D eigenvalue weighted by Crippen LogP contribution is 2.16. The first-order chi connectivity index (χ1) is 8.63. The fraction of sp³-hybridized carbons (Fsp3) is 0.545. The number of ether oxygens (including phenoxy) is 1. The first kappa shape index (κ1) is 15.2. The second-order valence-electron chi connectivity index (χ2n) is 3.79. The van der Waals surface area contributed by atoms with Crippen LogP contribution in [-0.2, 0) is 11.2 Å². The molecule has 0 saturated heterocycles. The quantitative estimate of drug-likeness (QED) is 0.433. The van der Waals surface area contributed by atoms with Crippen molar-refractivity contribution in [2.75, 3.05) is 13.2 Å². The minimum absolute atomic E-state index is 0.0810. The molecule has 1 atom stereocenters. The van der Waals surface area contributed by atoms with Crippen molar-refractivity contribution in [3.8, 4) is 0 Å². The molecule has 0 aliphatic carbocycles. The van der Waals surface area contributed by atoms with Crippen LogP contribution >= 0.6 is 11.6 Å². The van der Waals surface area contributed by atoms with Gasteiger partial charge >= 0.3 is 0 Å². The average Bonchev–Trinajstić information content (AvgIpc) is 2.35. The summed E-state index contributed by atoms with van der Waals surface area (Å²) in [5.41, 5.74) is 3.53. The van der Waals surface area contributed by atoms with E-state index in [0.29, 0.717) is 17.9 Å². The zero-order valence-electron chi connectivity index (χ0n) is 9.78. The van der Waals surface area contributed by atoms with Crippen LogP contribution in [0.25, 0.3) is 0 Å². The van der Waals surface area contributed by atoms with Crippen LogP contribution in [0.1, 0.15) is 12.0 Å². The second-order valence-corrected chi connectivity index (χ2v) is 4.20. The average molecular weight is 280 g/mol. The Labute approximate surface area is 109 Å². The Bertz CT molecular complexity index is 355. The van der Waals surface area contributed by atoms with E-state index in [9.17, 15) is 8.78 Å². The molecule has 0 fully saturated rings. The van der Waals surface area contributed by atoms with Crippen molar-refractivity contribution < 1.29 is 13.5 Å². The summed E-state index contributed by atoms with van der Waals surface area (Å²) in [6, 6.07) is 1.72. The van der Waals surface area contributed by atoms with Crippen molar-refractivity contribution >= 4 is 11.6 Å². The number of alkyl halides is 2. The third-order valence-corrected chi connectivity index (χ3v) is 2.75. The molecule has 0 bridgehead atoms. The summed E-state index contributed by atoms with van der Waals surface area (Å²) >= 11 is 5.97. The lowest BCUT2D eigenvalue weighted by molar-refractivity contribution is 0.0144. The van der Waals surface area contributed by atoms with Gasteiger partial charge in [-0.15, -0.1) is 0 Å². The van der Waals surface area contributed by atoms with Gasteiger partial charge in [0.2, 0.25) is 0 Å². The zero-order valence-corrected chi connectivity index (χ0v) is 10.5. The SMILES string of the molecule is NNC(CCOCC(F)F)Cc1ccncc1Cl. The van der Waals surface area contributed by atoms with Gasteiger partial charge in [0.25, 0.3) is 6.43 Å². The van der Waals surface area contributed by atoms with E-state index in [2.05, 4.69) is 10.4 Å². The number of halogens is 3. The lowest BCUT2D eigenvalue weighted by Gasteiger charge is -2.16. The third-order valence-electron chi connectivity index (χ3n) is 2.41. The Kier molecular flexibility index (Phi) is 7.04. The number of nitrogens with one attached hydrogen (secondary N) is 1. The van der Waals surface area contributed by atoms with Gasteiger partial charge in [-0.1, -0.05) is 11.6 Å². The summed E-state index contributed by atoms with van der Waals surface area (Å²) in [4.78, 5) is 3.88. The van der Waals surface area contributed by atoms with Gasteiger partial charge in [0.05, 0.1) is 5.02 Å². The summed E-state index contributed by atoms with van der Waals surface area (Å²) in [7, 11) is 0. The Balaban J connectivity index is 2.36. The first-order valence-corrected chi connectivity index (χ1v) is 5.91. The zero-order chi connectivity index (χ0) is 13.4. The fourth-order valence-corrected chi connectivity index (χ4v) is 1.67. The number of hydrazine groups is 1. The molecule has 1 heterocycles. The van der Waals surface area contributed by atoms with E-state index in [1.165, 1.54) is 0 Å². The van der Waals surface area contributed by atoms with E-state index >= 15 is 0 Å². The topological polar surface area (TPSA) is 60.2 Å². The Morgan fingerprint density at radius 1 is 1.50 bits per heavy atom. The number of hydrogen-bond acceptors (Lipinski definition) is 4. The maximum atomic E-state index is 11.9. The molecular weight excluding hydrogens is 264 g/mol. The van der Waals surface area contributed by atoms with E-state index < -0.39 is 13.0 Å². The smallest absolute Gasteiger partial charge is 0.261 e. The van der Waals surface area contributed by atoms with E-state index in [4.69, 9.17) is 22.2 Å². The highest BCUT2D eigenvalue weighted by atomic mass is 35.5. The molecule has 0 aliphatic heterocycles. The number of pyridine rings is 1. The molecule has 102 valence electrons. The van der Waals surface area contributed by atoms with Crippen molar-refractivity contribution in [2.24, 2.45) is 5.84 Å². The third kappa shape index (κ3) is 5.68. The maximum Gasteiger partial charge on any atom is 0.261 e. The molecule has 0 amide bonds. The lowest BCUT2D eigenvalue weighted by atomic mass is 10.1. The van der Waals surface area contributed by atoms with Crippen LogP contribution in [0.15, 0.2) is 18.5 Å². The number of aromatic nitrogens is 1. The van der Waals surface area contributed by atoms with Gasteiger partial charge < -0.3 is 4.74 Å². The molecule has 0 spiro atoms. The molecule has 4 nitrogen and oxygen atoms in total. The van der Waals surface area contributed by atoms with E-state index in [1.807, 2.05) is 0 Å². The Hall–Kier alpha value is -0.820. The Morgan fingerprint density at radius 3 is 2.89 bits per heavy atom. The highest BCUT2D eigenvalue weighted by molar-refractivity contribution is 6.31. The number of rotatable bonds is 8. The van der Waals surface area contributed by atoms with Crippen molar-refractivity contribution in [2.45, 2.75) is 25.3 Å². The molecule has 0 saturated carbocycles. The fourth-order valence-electron chi connectivity index (χ4n) is 1.48. The molecule has 7 heteroatoms. The largest absolute Gasteiger partial charge is 0.375 e. The van der Waals surface area contributed by atoms with Crippen molar-refractivity contribution in [3.63, 3.8) is 0 Å². The van der Waals surface area contributed by atoms with E-state index in [0.717, 1.165) is 5.56 Å². The van der Waals surface area contributed by atoms with Crippen LogP contribution in [0.5, 0.6) is 0 Å². The first-order valence-electron chi connectivity index (χ1n) is 5.54. The van der Waals surface area contributed by atoms with Crippen molar-refractivity contribution in [3.05, 3.63) is 29.0 Å². The minimum Gasteiger partial charge on any atom is -0.375 e. The van der Waals surface area contributed by atoms with Gasteiger partial charge in [-0.2, -0.15) is 0 Å². The van der Waals surface area contributed by atoms with Crippen LogP contribution in [0.4, 0.5) is 8.78 Å². The van der Waals surface area contributed by atoms with Crippen molar-refractivity contribution in [1.29, 1.82) is 0 Å². The summed E-state index contributed by atoms with van der Waals surface area (Å²) < 4.78 is 28.5. The van der Waals surface area contributed by atoms with Gasteiger partial charge in [-0.3, -0.25) is 16.3 Å². The Morgan fingerprint density at radius 2 is 2.28 bits per heavy atom. The van der Waals surface area contributed by atoms with E-state index in [1.54, 1.807) is 18.5 Å². The molecule has 1 aromatic heterocycles. The van der Waals surface area contributed by atoms with Crippen LogP contribution in [0, 0.1) is 0 Å². The molecule has 1 aromatic rings. The predicted molar refractivity (Wildman–Crippen MR) is 65.5 cm³/mol. The molecule has 0 aromatic carbocycles. The number of hydrogen-bond donors (Lipinski definition) is 2. The number of nitrogens with zero attached hydrogens (tertiary/aromatic N) is 1. The predicted octanol–water partition coefficient (Wildman–Crippen LogP) is 1.78. The number of nitrogens with two attached hydrogens (primary N) is 1. The van der Waals surface area contributed by atoms with Crippen LogP contribution in [0.2, 0.25) is 5.02 Å². The standard InChI is InChI=1S/C11H16ClF2N3O/c12-10-6-16-3-1-8(10)5-9(17-15)2-4-18-7-11(13)14/h1,3,6,9,11,17H,2,4-5,7,15H2. The lowest BCUT2D eigenvalue weighted by Crippen LogP contribution is -2.37. The summed E-state index contributed by atoms with van der Waals surface area (Å²) in [6.07, 6.45) is 1.88. The molecule has 0 aliphatic rings. The van der Waals surface area contributed by atoms with Gasteiger partial charge in [-0.25, -0.2) is 8.78 Å². The van der Waals surface area contributed by atoms with Crippen LogP contribution in [-0.4, -0.2) is 30.7 Å². The summed E-state index contributed by atoms with van der Waals surface area (Å²) in [5, 5.41) is 0.561. The van der Waals surface area contributed by atoms with Crippen LogP contribution < -0.4 is 11.3 Å². The molecule has 1 unspecified atom stereocenters. The van der Waals surface area contributed by atoms with E-state index in [-0.39, 0.29) is 12.6 Å². The molecular formula is C11H16ClF2N3O. The van der Waals surface area contributed by atoms with Crippen molar-refractivity contribution in [1.82, 2.24) is 10.4 Å². The highest BCUT2D eigenvalue weighted by Gasteiger charge is 2.11. The molecule has 18 heavy (non-hydrogen) atoms. The second kappa shape index (κ2) is 8.31. The summed E-state index contributed by atoms with van der Waals surface area (Å²) in [6.45, 7) is -0.324. The molecule has 0 radical (unpaired) electrons. The van der Waals surface area contributed by atoms with Gasteiger partial charge in [0.15, 0.2) is 0 Å². The van der Waals surface area contributed by atoms with Gasteiger partial charge in [-0.05, 0) is 24.5 Å². The maximum absolute atomic E-state index is 11.9. The normalized spacial score (nSPS) is 12.9.